The van der Waals surface area contributed by atoms with Crippen LogP contribution in [-0.4, -0.2) is 17.9 Å². The molecule has 0 saturated carbocycles. The molecule has 0 aliphatic heterocycles. The van der Waals surface area contributed by atoms with Gasteiger partial charge in [-0.15, -0.1) is 0 Å². The minimum absolute atomic E-state index is 0.103. The fraction of sp³-hybridized carbons (Fsp3) is 0.235. The summed E-state index contributed by atoms with van der Waals surface area (Å²) >= 11 is 3.44. The summed E-state index contributed by atoms with van der Waals surface area (Å²) in [5.74, 6) is -0.103. The van der Waals surface area contributed by atoms with Gasteiger partial charge in [0.2, 0.25) is 5.91 Å². The van der Waals surface area contributed by atoms with Crippen LogP contribution in [0.5, 0.6) is 0 Å². The molecule has 2 aromatic carbocycles. The van der Waals surface area contributed by atoms with E-state index in [4.69, 9.17) is 5.73 Å². The lowest BCUT2D eigenvalue weighted by molar-refractivity contribution is -0.136. The molecule has 1 unspecified atom stereocenters. The van der Waals surface area contributed by atoms with Crippen LogP contribution >= 0.6 is 15.9 Å². The summed E-state index contributed by atoms with van der Waals surface area (Å²) in [6, 6.07) is 17.4. The van der Waals surface area contributed by atoms with Gasteiger partial charge in [-0.05, 0) is 30.2 Å². The molecular formula is C17H19BrN2O. The second-order valence-corrected chi connectivity index (χ2v) is 6.28. The van der Waals surface area contributed by atoms with Crippen molar-refractivity contribution >= 4 is 21.8 Å². The van der Waals surface area contributed by atoms with Crippen LogP contribution in [0.25, 0.3) is 0 Å². The summed E-state index contributed by atoms with van der Waals surface area (Å²) in [5, 5.41) is 0. The van der Waals surface area contributed by atoms with Gasteiger partial charge in [0.05, 0.1) is 0 Å². The summed E-state index contributed by atoms with van der Waals surface area (Å²) in [6.07, 6.45) is 0. The van der Waals surface area contributed by atoms with Crippen molar-refractivity contribution in [2.75, 3.05) is 7.05 Å². The Hall–Kier alpha value is -1.65. The molecule has 0 heterocycles. The molecule has 21 heavy (non-hydrogen) atoms. The predicted molar refractivity (Wildman–Crippen MR) is 88.6 cm³/mol. The van der Waals surface area contributed by atoms with Crippen molar-refractivity contribution in [2.45, 2.75) is 19.0 Å². The van der Waals surface area contributed by atoms with E-state index in [2.05, 4.69) is 15.9 Å². The fourth-order valence-corrected chi connectivity index (χ4v) is 2.73. The number of amides is 1. The first-order chi connectivity index (χ1) is 9.91. The van der Waals surface area contributed by atoms with Gasteiger partial charge < -0.3 is 10.6 Å². The van der Waals surface area contributed by atoms with Gasteiger partial charge in [-0.3, -0.25) is 4.79 Å². The van der Waals surface area contributed by atoms with Crippen LogP contribution in [0.3, 0.4) is 0 Å². The Labute approximate surface area is 133 Å². The number of carbonyl (C=O) groups is 1. The minimum Gasteiger partial charge on any atom is -0.340 e. The number of benzene rings is 2. The normalized spacial score (nSPS) is 13.5. The molecule has 0 spiro atoms. The molecule has 2 N–H and O–H groups in total. The Morgan fingerprint density at radius 1 is 1.19 bits per heavy atom. The van der Waals surface area contributed by atoms with E-state index in [-0.39, 0.29) is 5.91 Å². The third-order valence-corrected chi connectivity index (χ3v) is 3.97. The lowest BCUT2D eigenvalue weighted by Crippen LogP contribution is -2.49. The van der Waals surface area contributed by atoms with Crippen LogP contribution in [0.1, 0.15) is 18.1 Å². The molecule has 0 radical (unpaired) electrons. The summed E-state index contributed by atoms with van der Waals surface area (Å²) in [7, 11) is 1.78. The second kappa shape index (κ2) is 6.41. The number of nitrogens with two attached hydrogens (primary N) is 1. The summed E-state index contributed by atoms with van der Waals surface area (Å²) in [5.41, 5.74) is 7.11. The summed E-state index contributed by atoms with van der Waals surface area (Å²) in [6.45, 7) is 2.28. The highest BCUT2D eigenvalue weighted by Crippen LogP contribution is 2.21. The van der Waals surface area contributed by atoms with Gasteiger partial charge in [-0.25, -0.2) is 0 Å². The molecule has 2 aromatic rings. The Balaban J connectivity index is 2.15. The quantitative estimate of drug-likeness (QED) is 0.923. The molecule has 0 fully saturated rings. The lowest BCUT2D eigenvalue weighted by atomic mass is 9.91. The van der Waals surface area contributed by atoms with Crippen molar-refractivity contribution in [1.29, 1.82) is 0 Å². The zero-order chi connectivity index (χ0) is 15.5. The van der Waals surface area contributed by atoms with Gasteiger partial charge in [0.1, 0.15) is 5.54 Å². The van der Waals surface area contributed by atoms with Crippen LogP contribution in [0.15, 0.2) is 59.1 Å². The summed E-state index contributed by atoms with van der Waals surface area (Å²) in [4.78, 5) is 14.3. The molecule has 4 heteroatoms. The van der Waals surface area contributed by atoms with E-state index in [0.717, 1.165) is 15.6 Å². The number of nitrogens with zero attached hydrogens (tertiary/aromatic N) is 1. The molecule has 0 saturated heterocycles. The number of likely N-dealkylation sites (N-methyl/N-ethyl adjacent to an activating group) is 1. The number of hydrogen-bond acceptors (Lipinski definition) is 2. The number of halogens is 1. The zero-order valence-corrected chi connectivity index (χ0v) is 13.8. The Morgan fingerprint density at radius 2 is 1.86 bits per heavy atom. The molecule has 0 aromatic heterocycles. The highest BCUT2D eigenvalue weighted by Gasteiger charge is 2.32. The number of carbonyl (C=O) groups excluding carboxylic acids is 1. The molecule has 1 atom stereocenters. The Kier molecular flexibility index (Phi) is 4.80. The van der Waals surface area contributed by atoms with Crippen molar-refractivity contribution in [1.82, 2.24) is 4.90 Å². The third-order valence-electron chi connectivity index (χ3n) is 3.47. The summed E-state index contributed by atoms with van der Waals surface area (Å²) < 4.78 is 0.999. The molecule has 2 rings (SSSR count). The van der Waals surface area contributed by atoms with E-state index in [0.29, 0.717) is 6.54 Å². The van der Waals surface area contributed by atoms with Gasteiger partial charge in [-0.1, -0.05) is 58.4 Å². The van der Waals surface area contributed by atoms with Crippen LogP contribution < -0.4 is 5.73 Å². The molecule has 3 nitrogen and oxygen atoms in total. The van der Waals surface area contributed by atoms with E-state index in [1.165, 1.54) is 0 Å². The van der Waals surface area contributed by atoms with Crippen molar-refractivity contribution in [3.8, 4) is 0 Å². The molecule has 0 aliphatic carbocycles. The van der Waals surface area contributed by atoms with Crippen molar-refractivity contribution < 1.29 is 4.79 Å². The maximum Gasteiger partial charge on any atom is 0.247 e. The predicted octanol–water partition coefficient (Wildman–Crippen LogP) is 3.28. The van der Waals surface area contributed by atoms with E-state index in [1.807, 2.05) is 54.6 Å². The largest absolute Gasteiger partial charge is 0.340 e. The first-order valence-electron chi connectivity index (χ1n) is 6.75. The maximum atomic E-state index is 12.6. The maximum absolute atomic E-state index is 12.6. The number of rotatable bonds is 4. The average molecular weight is 347 g/mol. The van der Waals surface area contributed by atoms with Crippen LogP contribution in [0.2, 0.25) is 0 Å². The van der Waals surface area contributed by atoms with E-state index >= 15 is 0 Å². The smallest absolute Gasteiger partial charge is 0.247 e. The van der Waals surface area contributed by atoms with Crippen molar-refractivity contribution in [2.24, 2.45) is 5.73 Å². The van der Waals surface area contributed by atoms with Crippen molar-refractivity contribution in [3.63, 3.8) is 0 Å². The van der Waals surface area contributed by atoms with Gasteiger partial charge in [0.25, 0.3) is 0 Å². The molecule has 110 valence electrons. The second-order valence-electron chi connectivity index (χ2n) is 5.36. The third kappa shape index (κ3) is 3.71. The Bertz CT molecular complexity index is 626. The van der Waals surface area contributed by atoms with Crippen LogP contribution in [0, 0.1) is 0 Å². The first kappa shape index (κ1) is 15.7. The van der Waals surface area contributed by atoms with E-state index < -0.39 is 5.54 Å². The molecule has 1 amide bonds. The van der Waals surface area contributed by atoms with Gasteiger partial charge in [0, 0.05) is 18.1 Å². The van der Waals surface area contributed by atoms with Crippen molar-refractivity contribution in [3.05, 3.63) is 70.2 Å². The van der Waals surface area contributed by atoms with Gasteiger partial charge >= 0.3 is 0 Å². The van der Waals surface area contributed by atoms with E-state index in [9.17, 15) is 4.79 Å². The topological polar surface area (TPSA) is 46.3 Å². The molecular weight excluding hydrogens is 328 g/mol. The SMILES string of the molecule is CN(Cc1cccc(Br)c1)C(=O)C(C)(N)c1ccccc1. The molecule has 0 aliphatic rings. The lowest BCUT2D eigenvalue weighted by Gasteiger charge is -2.29. The highest BCUT2D eigenvalue weighted by atomic mass is 79.9. The fourth-order valence-electron chi connectivity index (χ4n) is 2.29. The Morgan fingerprint density at radius 3 is 2.48 bits per heavy atom. The monoisotopic (exact) mass is 346 g/mol. The minimum atomic E-state index is -1.03. The first-order valence-corrected chi connectivity index (χ1v) is 7.55. The van der Waals surface area contributed by atoms with Crippen LogP contribution in [0.4, 0.5) is 0 Å². The molecule has 0 bridgehead atoms. The van der Waals surface area contributed by atoms with Crippen LogP contribution in [-0.2, 0) is 16.9 Å². The van der Waals surface area contributed by atoms with E-state index in [1.54, 1.807) is 18.9 Å². The average Bonchev–Trinajstić information content (AvgIpc) is 2.47. The van der Waals surface area contributed by atoms with Gasteiger partial charge in [-0.2, -0.15) is 0 Å². The zero-order valence-electron chi connectivity index (χ0n) is 12.2. The standard InChI is InChI=1S/C17H19BrN2O/c1-17(19,14-8-4-3-5-9-14)16(21)20(2)12-13-7-6-10-15(18)11-13/h3-11H,12,19H2,1-2H3. The number of hydrogen-bond donors (Lipinski definition) is 1. The highest BCUT2D eigenvalue weighted by molar-refractivity contribution is 9.10. The van der Waals surface area contributed by atoms with Gasteiger partial charge in [0.15, 0.2) is 0 Å².